The zero-order chi connectivity index (χ0) is 24.1. The Morgan fingerprint density at radius 3 is 2.24 bits per heavy atom. The van der Waals surface area contributed by atoms with E-state index in [9.17, 15) is 14.4 Å². The number of rotatable bonds is 10. The standard InChI is InChI=1S/C27H32N2O5/c1-17(10-11-25(30)28-15-19-12-18(13-19)14-26(31)32)29-27(33)34-16-24-22-8-4-2-6-20(22)21-7-3-5-9-23(21)24/h2-9,17-19,24H,10-16H2,1H3,(H,28,30)(H,29,33)(H,31,32). The van der Waals surface area contributed by atoms with Crippen molar-refractivity contribution in [1.29, 1.82) is 0 Å². The third kappa shape index (κ3) is 5.76. The minimum Gasteiger partial charge on any atom is -0.481 e. The number of carbonyl (C=O) groups excluding carboxylic acids is 2. The highest BCUT2D eigenvalue weighted by molar-refractivity contribution is 5.79. The molecule has 34 heavy (non-hydrogen) atoms. The lowest BCUT2D eigenvalue weighted by atomic mass is 9.73. The van der Waals surface area contributed by atoms with E-state index >= 15 is 0 Å². The zero-order valence-corrected chi connectivity index (χ0v) is 19.5. The van der Waals surface area contributed by atoms with E-state index in [1.54, 1.807) is 0 Å². The number of alkyl carbamates (subject to hydrolysis) is 1. The molecule has 0 bridgehead atoms. The molecule has 3 N–H and O–H groups in total. The number of fused-ring (bicyclic) bond motifs is 3. The average molecular weight is 465 g/mol. The highest BCUT2D eigenvalue weighted by atomic mass is 16.5. The third-order valence-electron chi connectivity index (χ3n) is 6.90. The van der Waals surface area contributed by atoms with Gasteiger partial charge in [0.15, 0.2) is 0 Å². The van der Waals surface area contributed by atoms with Crippen molar-refractivity contribution in [2.75, 3.05) is 13.2 Å². The van der Waals surface area contributed by atoms with E-state index in [0.29, 0.717) is 25.3 Å². The van der Waals surface area contributed by atoms with Gasteiger partial charge in [-0.1, -0.05) is 48.5 Å². The first-order valence-corrected chi connectivity index (χ1v) is 12.0. The van der Waals surface area contributed by atoms with Crippen LogP contribution in [0.2, 0.25) is 0 Å². The molecule has 0 spiro atoms. The number of hydrogen-bond acceptors (Lipinski definition) is 4. The van der Waals surface area contributed by atoms with Crippen molar-refractivity contribution in [2.45, 2.75) is 51.0 Å². The summed E-state index contributed by atoms with van der Waals surface area (Å²) in [4.78, 5) is 35.2. The molecule has 1 unspecified atom stereocenters. The second-order valence-corrected chi connectivity index (χ2v) is 9.52. The molecule has 2 aliphatic carbocycles. The molecule has 1 atom stereocenters. The highest BCUT2D eigenvalue weighted by Gasteiger charge is 2.31. The quantitative estimate of drug-likeness (QED) is 0.486. The van der Waals surface area contributed by atoms with Gasteiger partial charge in [-0.25, -0.2) is 4.79 Å². The van der Waals surface area contributed by atoms with Gasteiger partial charge >= 0.3 is 12.1 Å². The third-order valence-corrected chi connectivity index (χ3v) is 6.90. The van der Waals surface area contributed by atoms with Crippen LogP contribution < -0.4 is 10.6 Å². The Balaban J connectivity index is 1.15. The van der Waals surface area contributed by atoms with E-state index < -0.39 is 12.1 Å². The summed E-state index contributed by atoms with van der Waals surface area (Å²) in [6, 6.07) is 16.2. The predicted octanol–water partition coefficient (Wildman–Crippen LogP) is 4.31. The maximum Gasteiger partial charge on any atom is 0.407 e. The Labute approximate surface area is 199 Å². The minimum absolute atomic E-state index is 0.0147. The van der Waals surface area contributed by atoms with Crippen LogP contribution in [-0.2, 0) is 14.3 Å². The Hall–Kier alpha value is -3.35. The molecule has 180 valence electrons. The van der Waals surface area contributed by atoms with Crippen molar-refractivity contribution in [2.24, 2.45) is 11.8 Å². The molecule has 1 saturated carbocycles. The lowest BCUT2D eigenvalue weighted by Gasteiger charge is -2.34. The Morgan fingerprint density at radius 1 is 1.00 bits per heavy atom. The van der Waals surface area contributed by atoms with Gasteiger partial charge in [0, 0.05) is 31.3 Å². The maximum absolute atomic E-state index is 12.4. The fourth-order valence-electron chi connectivity index (χ4n) is 5.06. The number of carboxylic acids is 1. The van der Waals surface area contributed by atoms with Crippen molar-refractivity contribution in [3.8, 4) is 11.1 Å². The molecule has 0 aliphatic heterocycles. The minimum atomic E-state index is -0.759. The first kappa shape index (κ1) is 23.8. The molecular formula is C27H32N2O5. The van der Waals surface area contributed by atoms with Gasteiger partial charge < -0.3 is 20.5 Å². The van der Waals surface area contributed by atoms with E-state index in [4.69, 9.17) is 9.84 Å². The summed E-state index contributed by atoms with van der Waals surface area (Å²) in [6.07, 6.45) is 2.27. The molecule has 1 fully saturated rings. The van der Waals surface area contributed by atoms with Crippen LogP contribution >= 0.6 is 0 Å². The SMILES string of the molecule is CC(CCC(=O)NCC1CC(CC(=O)O)C1)NC(=O)OCC1c2ccccc2-c2ccccc21. The Kier molecular flexibility index (Phi) is 7.50. The largest absolute Gasteiger partial charge is 0.481 e. The molecule has 0 aromatic heterocycles. The average Bonchev–Trinajstić information content (AvgIpc) is 3.11. The fraction of sp³-hybridized carbons (Fsp3) is 0.444. The number of carbonyl (C=O) groups is 3. The van der Waals surface area contributed by atoms with Crippen LogP contribution in [0.3, 0.4) is 0 Å². The van der Waals surface area contributed by atoms with Crippen LogP contribution in [0.5, 0.6) is 0 Å². The van der Waals surface area contributed by atoms with E-state index in [1.807, 2.05) is 31.2 Å². The first-order valence-electron chi connectivity index (χ1n) is 12.0. The molecule has 2 aromatic rings. The first-order chi connectivity index (χ1) is 16.4. The number of hydrogen-bond donors (Lipinski definition) is 3. The summed E-state index contributed by atoms with van der Waals surface area (Å²) in [5, 5.41) is 14.5. The lowest BCUT2D eigenvalue weighted by molar-refractivity contribution is -0.139. The fourth-order valence-corrected chi connectivity index (χ4v) is 5.06. The molecule has 4 rings (SSSR count). The Bertz CT molecular complexity index is 1000. The summed E-state index contributed by atoms with van der Waals surface area (Å²) < 4.78 is 5.56. The van der Waals surface area contributed by atoms with Crippen molar-refractivity contribution >= 4 is 18.0 Å². The van der Waals surface area contributed by atoms with Crippen molar-refractivity contribution in [3.05, 3.63) is 59.7 Å². The molecule has 2 amide bonds. The Morgan fingerprint density at radius 2 is 1.62 bits per heavy atom. The van der Waals surface area contributed by atoms with Crippen molar-refractivity contribution in [1.82, 2.24) is 10.6 Å². The summed E-state index contributed by atoms with van der Waals surface area (Å²) in [5.74, 6) is -0.195. The lowest BCUT2D eigenvalue weighted by Crippen LogP contribution is -2.38. The topological polar surface area (TPSA) is 105 Å². The van der Waals surface area contributed by atoms with Gasteiger partial charge in [0.2, 0.25) is 5.91 Å². The zero-order valence-electron chi connectivity index (χ0n) is 19.5. The van der Waals surface area contributed by atoms with Gasteiger partial charge in [-0.05, 0) is 60.3 Å². The molecule has 0 saturated heterocycles. The monoisotopic (exact) mass is 464 g/mol. The second kappa shape index (κ2) is 10.7. The molecule has 2 aromatic carbocycles. The second-order valence-electron chi connectivity index (χ2n) is 9.52. The number of benzene rings is 2. The summed E-state index contributed by atoms with van der Waals surface area (Å²) in [7, 11) is 0. The normalized spacial score (nSPS) is 19.3. The molecular weight excluding hydrogens is 432 g/mol. The molecule has 7 nitrogen and oxygen atoms in total. The number of amides is 2. The van der Waals surface area contributed by atoms with E-state index in [-0.39, 0.29) is 36.8 Å². The van der Waals surface area contributed by atoms with Crippen LogP contribution in [-0.4, -0.2) is 42.3 Å². The smallest absolute Gasteiger partial charge is 0.407 e. The van der Waals surface area contributed by atoms with Gasteiger partial charge in [-0.3, -0.25) is 9.59 Å². The van der Waals surface area contributed by atoms with E-state index in [1.165, 1.54) is 22.3 Å². The number of aliphatic carboxylic acids is 1. The summed E-state index contributed by atoms with van der Waals surface area (Å²) >= 11 is 0. The predicted molar refractivity (Wildman–Crippen MR) is 128 cm³/mol. The number of ether oxygens (including phenoxy) is 1. The van der Waals surface area contributed by atoms with E-state index in [0.717, 1.165) is 12.8 Å². The molecule has 0 radical (unpaired) electrons. The number of carboxylic acid groups (broad SMARTS) is 1. The molecule has 7 heteroatoms. The summed E-state index contributed by atoms with van der Waals surface area (Å²) in [6.45, 7) is 2.71. The van der Waals surface area contributed by atoms with Gasteiger partial charge in [0.05, 0.1) is 0 Å². The highest BCUT2D eigenvalue weighted by Crippen LogP contribution is 2.44. The van der Waals surface area contributed by atoms with Crippen LogP contribution in [0.4, 0.5) is 4.79 Å². The van der Waals surface area contributed by atoms with Crippen molar-refractivity contribution < 1.29 is 24.2 Å². The van der Waals surface area contributed by atoms with Crippen LogP contribution in [0.25, 0.3) is 11.1 Å². The molecule has 0 heterocycles. The van der Waals surface area contributed by atoms with Gasteiger partial charge in [-0.15, -0.1) is 0 Å². The van der Waals surface area contributed by atoms with Crippen LogP contribution in [0.1, 0.15) is 56.1 Å². The van der Waals surface area contributed by atoms with Crippen LogP contribution in [0, 0.1) is 11.8 Å². The molecule has 2 aliphatic rings. The van der Waals surface area contributed by atoms with E-state index in [2.05, 4.69) is 34.9 Å². The van der Waals surface area contributed by atoms with Crippen LogP contribution in [0.15, 0.2) is 48.5 Å². The number of nitrogens with one attached hydrogen (secondary N) is 2. The summed E-state index contributed by atoms with van der Waals surface area (Å²) in [5.41, 5.74) is 4.71. The maximum atomic E-state index is 12.4. The van der Waals surface area contributed by atoms with Gasteiger partial charge in [-0.2, -0.15) is 0 Å². The van der Waals surface area contributed by atoms with Gasteiger partial charge in [0.25, 0.3) is 0 Å². The van der Waals surface area contributed by atoms with Crippen molar-refractivity contribution in [3.63, 3.8) is 0 Å². The van der Waals surface area contributed by atoms with Gasteiger partial charge in [0.1, 0.15) is 6.61 Å².